The quantitative estimate of drug-likeness (QED) is 0.433. The zero-order valence-corrected chi connectivity index (χ0v) is 17.7. The summed E-state index contributed by atoms with van der Waals surface area (Å²) in [7, 11) is 0. The maximum Gasteiger partial charge on any atom is 0.242 e. The number of carbonyl (C=O) groups is 1. The number of rotatable bonds is 7. The van der Waals surface area contributed by atoms with Crippen molar-refractivity contribution in [1.29, 1.82) is 0 Å². The number of thioether (sulfide) groups is 1. The van der Waals surface area contributed by atoms with Crippen LogP contribution in [-0.2, 0) is 11.3 Å². The van der Waals surface area contributed by atoms with Crippen LogP contribution in [-0.4, -0.2) is 27.4 Å². The van der Waals surface area contributed by atoms with Gasteiger partial charge in [-0.25, -0.2) is 0 Å². The summed E-state index contributed by atoms with van der Waals surface area (Å²) in [6.45, 7) is 4.73. The molecule has 0 saturated carbocycles. The Kier molecular flexibility index (Phi) is 7.29. The molecule has 2 aromatic rings. The van der Waals surface area contributed by atoms with Crippen LogP contribution in [0, 0.1) is 6.92 Å². The van der Waals surface area contributed by atoms with Gasteiger partial charge in [0.05, 0.1) is 18.0 Å². The highest BCUT2D eigenvalue weighted by Gasteiger charge is 2.37. The molecule has 1 aliphatic heterocycles. The number of unbranched alkanes of at least 4 members (excludes halogenated alkanes) is 1. The Bertz CT molecular complexity index is 880. The van der Waals surface area contributed by atoms with Crippen molar-refractivity contribution in [3.8, 4) is 0 Å². The third-order valence-electron chi connectivity index (χ3n) is 4.65. The van der Waals surface area contributed by atoms with Crippen LogP contribution < -0.4 is 0 Å². The number of halogens is 1. The highest BCUT2D eigenvalue weighted by atomic mass is 35.5. The molecule has 4 nitrogen and oxygen atoms in total. The first-order chi connectivity index (χ1) is 13.6. The van der Waals surface area contributed by atoms with E-state index in [0.29, 0.717) is 16.7 Å². The molecule has 0 N–H and O–H groups in total. The molecule has 0 spiro atoms. The van der Waals surface area contributed by atoms with Gasteiger partial charge < -0.3 is 0 Å². The lowest BCUT2D eigenvalue weighted by molar-refractivity contribution is -0.126. The molecular formula is C22H24ClN3OS. The highest BCUT2D eigenvalue weighted by molar-refractivity contribution is 8.15. The predicted molar refractivity (Wildman–Crippen MR) is 119 cm³/mol. The van der Waals surface area contributed by atoms with Gasteiger partial charge in [0.25, 0.3) is 0 Å². The van der Waals surface area contributed by atoms with E-state index in [4.69, 9.17) is 11.6 Å². The van der Waals surface area contributed by atoms with E-state index >= 15 is 0 Å². The van der Waals surface area contributed by atoms with E-state index in [0.717, 1.165) is 30.4 Å². The Morgan fingerprint density at radius 2 is 1.93 bits per heavy atom. The van der Waals surface area contributed by atoms with Crippen LogP contribution >= 0.6 is 23.4 Å². The Morgan fingerprint density at radius 3 is 2.64 bits per heavy atom. The number of nitrogens with zero attached hydrogens (tertiary/aromatic N) is 3. The van der Waals surface area contributed by atoms with Crippen molar-refractivity contribution in [2.75, 3.05) is 0 Å². The van der Waals surface area contributed by atoms with Crippen LogP contribution in [0.2, 0.25) is 5.02 Å². The number of benzene rings is 2. The third-order valence-corrected chi connectivity index (χ3v) is 6.14. The van der Waals surface area contributed by atoms with Crippen LogP contribution in [0.3, 0.4) is 0 Å². The van der Waals surface area contributed by atoms with E-state index in [2.05, 4.69) is 36.2 Å². The van der Waals surface area contributed by atoms with Crippen molar-refractivity contribution in [3.05, 3.63) is 70.2 Å². The molecule has 0 bridgehead atoms. The van der Waals surface area contributed by atoms with Crippen LogP contribution in [0.5, 0.6) is 0 Å². The van der Waals surface area contributed by atoms with Gasteiger partial charge in [-0.1, -0.05) is 79.5 Å². The van der Waals surface area contributed by atoms with Crippen molar-refractivity contribution in [3.63, 3.8) is 0 Å². The summed E-state index contributed by atoms with van der Waals surface area (Å²) in [5, 5.41) is 9.87. The minimum Gasteiger partial charge on any atom is -0.284 e. The van der Waals surface area contributed by atoms with Gasteiger partial charge in [-0.2, -0.15) is 5.10 Å². The molecule has 1 fully saturated rings. The molecule has 0 aliphatic carbocycles. The van der Waals surface area contributed by atoms with E-state index < -0.39 is 0 Å². The highest BCUT2D eigenvalue weighted by Crippen LogP contribution is 2.32. The van der Waals surface area contributed by atoms with Crippen molar-refractivity contribution >= 4 is 40.7 Å². The van der Waals surface area contributed by atoms with E-state index in [1.165, 1.54) is 17.3 Å². The molecule has 6 heteroatoms. The molecule has 1 amide bonds. The molecule has 28 heavy (non-hydrogen) atoms. The normalized spacial score (nSPS) is 18.5. The van der Waals surface area contributed by atoms with Crippen LogP contribution in [0.4, 0.5) is 0 Å². The Hall–Kier alpha value is -2.11. The smallest absolute Gasteiger partial charge is 0.242 e. The maximum atomic E-state index is 13.0. The van der Waals surface area contributed by atoms with Gasteiger partial charge in [0.1, 0.15) is 0 Å². The van der Waals surface area contributed by atoms with Crippen LogP contribution in [0.1, 0.15) is 42.9 Å². The first-order valence-electron chi connectivity index (χ1n) is 9.47. The zero-order valence-electron chi connectivity index (χ0n) is 16.1. The SMILES string of the molecule is CCCCC1SC(=NN=Cc2ccc(Cl)cc2)N(Cc2ccccc2C)C1=O. The maximum absolute atomic E-state index is 13.0. The standard InChI is InChI=1S/C22H24ClN3OS/c1-3-4-9-20-21(27)26(15-18-8-6-5-7-16(18)2)22(28-20)25-24-14-17-10-12-19(23)13-11-17/h5-8,10-14,20H,3-4,9,15H2,1-2H3. The van der Waals surface area contributed by atoms with Crippen molar-refractivity contribution in [2.45, 2.75) is 44.9 Å². The summed E-state index contributed by atoms with van der Waals surface area (Å²) in [6.07, 6.45) is 4.65. The lowest BCUT2D eigenvalue weighted by atomic mass is 10.1. The lowest BCUT2D eigenvalue weighted by Crippen LogP contribution is -2.31. The molecule has 1 heterocycles. The molecule has 1 aliphatic rings. The summed E-state index contributed by atoms with van der Waals surface area (Å²) in [6, 6.07) is 15.5. The number of carbonyl (C=O) groups excluding carboxylic acids is 1. The topological polar surface area (TPSA) is 45.0 Å². The largest absolute Gasteiger partial charge is 0.284 e. The molecular weight excluding hydrogens is 390 g/mol. The van der Waals surface area contributed by atoms with E-state index in [1.54, 1.807) is 11.1 Å². The van der Waals surface area contributed by atoms with Crippen molar-refractivity contribution in [2.24, 2.45) is 10.2 Å². The van der Waals surface area contributed by atoms with E-state index in [9.17, 15) is 4.79 Å². The number of aryl methyl sites for hydroxylation is 1. The summed E-state index contributed by atoms with van der Waals surface area (Å²) >= 11 is 7.43. The van der Waals surface area contributed by atoms with Crippen LogP contribution in [0.25, 0.3) is 0 Å². The average Bonchev–Trinajstić information content (AvgIpc) is 2.98. The monoisotopic (exact) mass is 413 g/mol. The molecule has 1 saturated heterocycles. The lowest BCUT2D eigenvalue weighted by Gasteiger charge is -2.17. The van der Waals surface area contributed by atoms with Gasteiger partial charge in [0.2, 0.25) is 5.91 Å². The number of amides is 1. The number of amidine groups is 1. The minimum atomic E-state index is -0.0755. The first kappa shape index (κ1) is 20.6. The minimum absolute atomic E-state index is 0.0755. The zero-order chi connectivity index (χ0) is 19.9. The number of hydrogen-bond donors (Lipinski definition) is 0. The van der Waals surface area contributed by atoms with E-state index in [-0.39, 0.29) is 11.2 Å². The molecule has 146 valence electrons. The fraction of sp³-hybridized carbons (Fsp3) is 0.318. The predicted octanol–water partition coefficient (Wildman–Crippen LogP) is 5.67. The van der Waals surface area contributed by atoms with Crippen molar-refractivity contribution < 1.29 is 4.79 Å². The van der Waals surface area contributed by atoms with Gasteiger partial charge in [-0.05, 0) is 42.2 Å². The molecule has 0 aromatic heterocycles. The molecule has 3 rings (SSSR count). The second-order valence-corrected chi connectivity index (χ2v) is 8.38. The molecule has 1 unspecified atom stereocenters. The first-order valence-corrected chi connectivity index (χ1v) is 10.7. The average molecular weight is 414 g/mol. The van der Waals surface area contributed by atoms with Crippen LogP contribution in [0.15, 0.2) is 58.7 Å². The molecule has 2 aromatic carbocycles. The fourth-order valence-corrected chi connectivity index (χ4v) is 4.23. The Labute approximate surface area is 175 Å². The summed E-state index contributed by atoms with van der Waals surface area (Å²) in [5.41, 5.74) is 3.21. The van der Waals surface area contributed by atoms with Gasteiger partial charge in [0, 0.05) is 5.02 Å². The second-order valence-electron chi connectivity index (χ2n) is 6.78. The molecule has 0 radical (unpaired) electrons. The fourth-order valence-electron chi connectivity index (χ4n) is 2.96. The van der Waals surface area contributed by atoms with Crippen molar-refractivity contribution in [1.82, 2.24) is 4.90 Å². The van der Waals surface area contributed by atoms with Gasteiger partial charge in [0.15, 0.2) is 5.17 Å². The Balaban J connectivity index is 1.81. The number of hydrogen-bond acceptors (Lipinski definition) is 4. The molecule has 1 atom stereocenters. The Morgan fingerprint density at radius 1 is 1.18 bits per heavy atom. The van der Waals surface area contributed by atoms with Gasteiger partial charge in [-0.15, -0.1) is 5.10 Å². The summed E-state index contributed by atoms with van der Waals surface area (Å²) in [4.78, 5) is 14.7. The third kappa shape index (κ3) is 5.24. The van der Waals surface area contributed by atoms with Gasteiger partial charge >= 0.3 is 0 Å². The van der Waals surface area contributed by atoms with E-state index in [1.807, 2.05) is 36.4 Å². The van der Waals surface area contributed by atoms with Gasteiger partial charge in [-0.3, -0.25) is 9.69 Å². The summed E-state index contributed by atoms with van der Waals surface area (Å²) < 4.78 is 0. The second kappa shape index (κ2) is 9.89. The summed E-state index contributed by atoms with van der Waals surface area (Å²) in [5.74, 6) is 0.127.